The van der Waals surface area contributed by atoms with Crippen LogP contribution in [0.15, 0.2) is 47.1 Å². The van der Waals surface area contributed by atoms with Crippen LogP contribution in [0.3, 0.4) is 0 Å². The summed E-state index contributed by atoms with van der Waals surface area (Å²) in [6.45, 7) is 2.92. The fourth-order valence-corrected chi connectivity index (χ4v) is 4.27. The third-order valence-electron chi connectivity index (χ3n) is 5.65. The summed E-state index contributed by atoms with van der Waals surface area (Å²) in [7, 11) is 0. The predicted molar refractivity (Wildman–Crippen MR) is 126 cm³/mol. The highest BCUT2D eigenvalue weighted by Gasteiger charge is 2.17. The van der Waals surface area contributed by atoms with E-state index >= 15 is 0 Å². The lowest BCUT2D eigenvalue weighted by atomic mass is 10.2. The number of fused-ring (bicyclic) bond motifs is 2. The first kappa shape index (κ1) is 19.9. The second-order valence-corrected chi connectivity index (χ2v) is 8.40. The molecule has 0 spiro atoms. The van der Waals surface area contributed by atoms with Crippen molar-refractivity contribution in [2.45, 2.75) is 19.4 Å². The molecule has 1 saturated heterocycles. The standard InChI is InChI=1S/C22H20ClN9O/c23-13-3-5-16-15(9-13)20(26-12-25-16)32-21(24)29-22(30-32)27-14-4-6-18-17(10-14)28-19(33-18)11-31-7-1-2-8-31/h3-6,9-10,12H,1-2,7-8,11H2,(H3,24,27,29,30). The molecule has 3 aromatic heterocycles. The van der Waals surface area contributed by atoms with Crippen molar-refractivity contribution in [3.8, 4) is 5.82 Å². The van der Waals surface area contributed by atoms with Gasteiger partial charge in [-0.3, -0.25) is 4.90 Å². The molecule has 10 nitrogen and oxygen atoms in total. The zero-order valence-electron chi connectivity index (χ0n) is 17.6. The van der Waals surface area contributed by atoms with Crippen LogP contribution in [-0.4, -0.2) is 47.7 Å². The number of hydrogen-bond acceptors (Lipinski definition) is 9. The third kappa shape index (κ3) is 3.83. The molecule has 2 aromatic carbocycles. The number of nitrogens with zero attached hydrogens (tertiary/aromatic N) is 7. The maximum Gasteiger partial charge on any atom is 0.248 e. The molecule has 0 unspecified atom stereocenters. The van der Waals surface area contributed by atoms with Gasteiger partial charge in [0, 0.05) is 16.1 Å². The summed E-state index contributed by atoms with van der Waals surface area (Å²) in [5.74, 6) is 1.75. The van der Waals surface area contributed by atoms with E-state index < -0.39 is 0 Å². The average Bonchev–Trinajstić information content (AvgIpc) is 3.53. The van der Waals surface area contributed by atoms with E-state index in [1.807, 2.05) is 24.3 Å². The average molecular weight is 462 g/mol. The van der Waals surface area contributed by atoms with Gasteiger partial charge in [-0.15, -0.1) is 5.10 Å². The first-order chi connectivity index (χ1) is 16.1. The van der Waals surface area contributed by atoms with E-state index in [0.29, 0.717) is 16.8 Å². The van der Waals surface area contributed by atoms with Gasteiger partial charge >= 0.3 is 0 Å². The monoisotopic (exact) mass is 461 g/mol. The van der Waals surface area contributed by atoms with Crippen molar-refractivity contribution in [2.75, 3.05) is 24.1 Å². The van der Waals surface area contributed by atoms with Crippen molar-refractivity contribution < 1.29 is 4.42 Å². The number of halogens is 1. The van der Waals surface area contributed by atoms with Gasteiger partial charge in [-0.25, -0.2) is 15.0 Å². The molecule has 0 atom stereocenters. The number of nitrogens with two attached hydrogens (primary N) is 1. The quantitative estimate of drug-likeness (QED) is 0.400. The van der Waals surface area contributed by atoms with E-state index in [1.165, 1.54) is 23.9 Å². The fourth-order valence-electron chi connectivity index (χ4n) is 4.10. The Labute approximate surface area is 193 Å². The Bertz CT molecular complexity index is 1470. The predicted octanol–water partition coefficient (Wildman–Crippen LogP) is 3.93. The Kier molecular flexibility index (Phi) is 4.81. The number of oxazole rings is 1. The lowest BCUT2D eigenvalue weighted by Gasteiger charge is -2.10. The molecule has 3 N–H and O–H groups in total. The number of rotatable bonds is 5. The van der Waals surface area contributed by atoms with E-state index in [2.05, 4.69) is 35.3 Å². The molecule has 0 saturated carbocycles. The Hall–Kier alpha value is -3.76. The number of benzene rings is 2. The lowest BCUT2D eigenvalue weighted by molar-refractivity contribution is 0.295. The van der Waals surface area contributed by atoms with Crippen LogP contribution >= 0.6 is 11.6 Å². The smallest absolute Gasteiger partial charge is 0.248 e. The molecule has 0 radical (unpaired) electrons. The summed E-state index contributed by atoms with van der Waals surface area (Å²) in [5.41, 5.74) is 9.18. The van der Waals surface area contributed by atoms with Crippen molar-refractivity contribution in [3.63, 3.8) is 0 Å². The van der Waals surface area contributed by atoms with Crippen LogP contribution in [0.25, 0.3) is 27.8 Å². The minimum atomic E-state index is 0.188. The van der Waals surface area contributed by atoms with Crippen molar-refractivity contribution in [1.82, 2.24) is 34.6 Å². The Morgan fingerprint density at radius 3 is 2.79 bits per heavy atom. The summed E-state index contributed by atoms with van der Waals surface area (Å²) in [6.07, 6.45) is 3.92. The van der Waals surface area contributed by atoms with Crippen molar-refractivity contribution in [2.24, 2.45) is 0 Å². The van der Waals surface area contributed by atoms with E-state index in [1.54, 1.807) is 12.1 Å². The molecule has 1 aliphatic rings. The molecule has 0 bridgehead atoms. The number of nitrogen functional groups attached to an aromatic ring is 1. The van der Waals surface area contributed by atoms with E-state index in [0.717, 1.165) is 53.2 Å². The number of nitrogens with one attached hydrogen (secondary N) is 1. The molecule has 33 heavy (non-hydrogen) atoms. The summed E-state index contributed by atoms with van der Waals surface area (Å²) in [6, 6.07) is 11.1. The van der Waals surface area contributed by atoms with Crippen LogP contribution in [0.4, 0.5) is 17.6 Å². The first-order valence-corrected chi connectivity index (χ1v) is 11.0. The van der Waals surface area contributed by atoms with Crippen LogP contribution in [0.2, 0.25) is 5.02 Å². The molecule has 166 valence electrons. The second kappa shape index (κ2) is 7.98. The maximum atomic E-state index is 6.17. The van der Waals surface area contributed by atoms with E-state index in [-0.39, 0.29) is 5.95 Å². The molecular weight excluding hydrogens is 442 g/mol. The van der Waals surface area contributed by atoms with Crippen molar-refractivity contribution in [1.29, 1.82) is 0 Å². The minimum Gasteiger partial charge on any atom is -0.439 e. The van der Waals surface area contributed by atoms with E-state index in [9.17, 15) is 0 Å². The molecular formula is C22H20ClN9O. The fraction of sp³-hybridized carbons (Fsp3) is 0.227. The summed E-state index contributed by atoms with van der Waals surface area (Å²) in [4.78, 5) is 19.9. The van der Waals surface area contributed by atoms with Gasteiger partial charge < -0.3 is 15.5 Å². The lowest BCUT2D eigenvalue weighted by Crippen LogP contribution is -2.18. The molecule has 1 fully saturated rings. The van der Waals surface area contributed by atoms with Crippen LogP contribution in [0.1, 0.15) is 18.7 Å². The van der Waals surface area contributed by atoms with Crippen molar-refractivity contribution >= 4 is 51.2 Å². The van der Waals surface area contributed by atoms with Crippen LogP contribution in [0, 0.1) is 0 Å². The minimum absolute atomic E-state index is 0.188. The third-order valence-corrected chi connectivity index (χ3v) is 5.89. The van der Waals surface area contributed by atoms with Gasteiger partial charge in [0.25, 0.3) is 0 Å². The number of aromatic nitrogens is 6. The second-order valence-electron chi connectivity index (χ2n) is 7.96. The van der Waals surface area contributed by atoms with E-state index in [4.69, 9.17) is 21.8 Å². The number of likely N-dealkylation sites (tertiary alicyclic amines) is 1. The Balaban J connectivity index is 1.28. The molecule has 6 rings (SSSR count). The summed E-state index contributed by atoms with van der Waals surface area (Å²) >= 11 is 6.17. The van der Waals surface area contributed by atoms with Gasteiger partial charge in [0.05, 0.1) is 12.1 Å². The first-order valence-electron chi connectivity index (χ1n) is 10.6. The molecule has 0 amide bonds. The largest absolute Gasteiger partial charge is 0.439 e. The maximum absolute atomic E-state index is 6.17. The highest BCUT2D eigenvalue weighted by Crippen LogP contribution is 2.26. The SMILES string of the molecule is Nc1nc(Nc2ccc3oc(CN4CCCC4)nc3c2)nn1-c1ncnc2ccc(Cl)cc12. The zero-order valence-corrected chi connectivity index (χ0v) is 18.3. The van der Waals surface area contributed by atoms with Crippen LogP contribution in [-0.2, 0) is 6.54 Å². The molecule has 0 aliphatic carbocycles. The van der Waals surface area contributed by atoms with Crippen molar-refractivity contribution in [3.05, 3.63) is 53.6 Å². The normalized spacial score (nSPS) is 14.5. The van der Waals surface area contributed by atoms with Gasteiger partial charge in [0.15, 0.2) is 11.4 Å². The highest BCUT2D eigenvalue weighted by atomic mass is 35.5. The van der Waals surface area contributed by atoms with Gasteiger partial charge in [-0.2, -0.15) is 9.67 Å². The summed E-state index contributed by atoms with van der Waals surface area (Å²) < 4.78 is 7.37. The molecule has 5 aromatic rings. The van der Waals surface area contributed by atoms with Gasteiger partial charge in [-0.1, -0.05) is 11.6 Å². The number of anilines is 3. The molecule has 4 heterocycles. The summed E-state index contributed by atoms with van der Waals surface area (Å²) in [5, 5.41) is 8.97. The Morgan fingerprint density at radius 2 is 1.91 bits per heavy atom. The zero-order chi connectivity index (χ0) is 22.4. The van der Waals surface area contributed by atoms with Crippen LogP contribution < -0.4 is 11.1 Å². The number of hydrogen-bond donors (Lipinski definition) is 2. The van der Waals surface area contributed by atoms with Gasteiger partial charge in [-0.05, 0) is 62.3 Å². The van der Waals surface area contributed by atoms with Crippen LogP contribution in [0.5, 0.6) is 0 Å². The highest BCUT2D eigenvalue weighted by molar-refractivity contribution is 6.31. The topological polar surface area (TPSA) is 124 Å². The Morgan fingerprint density at radius 1 is 1.03 bits per heavy atom. The van der Waals surface area contributed by atoms with Gasteiger partial charge in [0.2, 0.25) is 17.8 Å². The molecule has 11 heteroatoms. The van der Waals surface area contributed by atoms with Gasteiger partial charge in [0.1, 0.15) is 11.8 Å². The molecule has 1 aliphatic heterocycles.